The van der Waals surface area contributed by atoms with E-state index in [9.17, 15) is 9.59 Å². The predicted molar refractivity (Wildman–Crippen MR) is 78.0 cm³/mol. The molecule has 3 N–H and O–H groups in total. The summed E-state index contributed by atoms with van der Waals surface area (Å²) in [7, 11) is 0. The molecule has 5 heteroatoms. The van der Waals surface area contributed by atoms with Gasteiger partial charge in [0.25, 0.3) is 0 Å². The molecule has 1 aromatic rings. The second-order valence-corrected chi connectivity index (χ2v) is 5.27. The van der Waals surface area contributed by atoms with Crippen LogP contribution in [0, 0.1) is 5.92 Å². The molecular weight excluding hydrogens is 254 g/mol. The fourth-order valence-electron chi connectivity index (χ4n) is 2.52. The standard InChI is InChI=1S/C15H21N3O2/c1-11(15(20)17-13-7-3-2-4-8-13)18-9-5-6-12(10-18)14(16)19/h2-4,7-8,11-12H,5-6,9-10H2,1H3,(H2,16,19)(H,17,20)/t11-,12+/m1/s1. The Hall–Kier alpha value is -1.88. The zero-order valence-electron chi connectivity index (χ0n) is 11.7. The summed E-state index contributed by atoms with van der Waals surface area (Å²) in [4.78, 5) is 25.5. The van der Waals surface area contributed by atoms with Crippen LogP contribution in [0.2, 0.25) is 0 Å². The normalized spacial score (nSPS) is 21.1. The van der Waals surface area contributed by atoms with Crippen LogP contribution in [0.25, 0.3) is 0 Å². The molecule has 1 saturated heterocycles. The third-order valence-corrected chi connectivity index (χ3v) is 3.82. The minimum absolute atomic E-state index is 0.0543. The number of primary amides is 1. The zero-order valence-corrected chi connectivity index (χ0v) is 11.7. The third kappa shape index (κ3) is 3.57. The summed E-state index contributed by atoms with van der Waals surface area (Å²) in [5.41, 5.74) is 6.15. The molecule has 108 valence electrons. The number of rotatable bonds is 4. The SMILES string of the molecule is C[C@H](C(=O)Nc1ccccc1)N1CCC[C@H](C(N)=O)C1. The number of likely N-dealkylation sites (tertiary alicyclic amines) is 1. The summed E-state index contributed by atoms with van der Waals surface area (Å²) >= 11 is 0. The molecule has 1 aliphatic rings. The predicted octanol–water partition coefficient (Wildman–Crippen LogP) is 1.21. The van der Waals surface area contributed by atoms with Gasteiger partial charge in [-0.15, -0.1) is 0 Å². The van der Waals surface area contributed by atoms with Gasteiger partial charge in [0.05, 0.1) is 12.0 Å². The van der Waals surface area contributed by atoms with Crippen LogP contribution in [0.1, 0.15) is 19.8 Å². The Labute approximate surface area is 119 Å². The van der Waals surface area contributed by atoms with Gasteiger partial charge in [0.15, 0.2) is 0 Å². The molecule has 5 nitrogen and oxygen atoms in total. The highest BCUT2D eigenvalue weighted by Gasteiger charge is 2.29. The van der Waals surface area contributed by atoms with Crippen molar-refractivity contribution in [3.63, 3.8) is 0 Å². The van der Waals surface area contributed by atoms with Crippen LogP contribution in [0.3, 0.4) is 0 Å². The molecule has 0 spiro atoms. The molecule has 0 radical (unpaired) electrons. The van der Waals surface area contributed by atoms with Crippen LogP contribution in [-0.4, -0.2) is 35.8 Å². The Morgan fingerprint density at radius 3 is 2.70 bits per heavy atom. The number of nitrogens with one attached hydrogen (secondary N) is 1. The lowest BCUT2D eigenvalue weighted by Gasteiger charge is -2.34. The van der Waals surface area contributed by atoms with Crippen molar-refractivity contribution in [3.05, 3.63) is 30.3 Å². The molecular formula is C15H21N3O2. The van der Waals surface area contributed by atoms with Crippen molar-refractivity contribution >= 4 is 17.5 Å². The summed E-state index contributed by atoms with van der Waals surface area (Å²) in [5.74, 6) is -0.470. The number of piperidine rings is 1. The summed E-state index contributed by atoms with van der Waals surface area (Å²) in [6, 6.07) is 9.10. The first-order valence-corrected chi connectivity index (χ1v) is 6.97. The van der Waals surface area contributed by atoms with E-state index < -0.39 is 0 Å². The molecule has 0 aliphatic carbocycles. The van der Waals surface area contributed by atoms with E-state index in [0.29, 0.717) is 6.54 Å². The Kier molecular flexibility index (Phi) is 4.74. The molecule has 0 unspecified atom stereocenters. The van der Waals surface area contributed by atoms with Gasteiger partial charge in [-0.1, -0.05) is 18.2 Å². The van der Waals surface area contributed by atoms with Crippen molar-refractivity contribution in [3.8, 4) is 0 Å². The van der Waals surface area contributed by atoms with Gasteiger partial charge in [-0.05, 0) is 38.4 Å². The van der Waals surface area contributed by atoms with Crippen LogP contribution >= 0.6 is 0 Å². The van der Waals surface area contributed by atoms with Crippen molar-refractivity contribution in [2.45, 2.75) is 25.8 Å². The van der Waals surface area contributed by atoms with Crippen molar-refractivity contribution < 1.29 is 9.59 Å². The maximum Gasteiger partial charge on any atom is 0.241 e. The largest absolute Gasteiger partial charge is 0.369 e. The summed E-state index contributed by atoms with van der Waals surface area (Å²) < 4.78 is 0. The summed E-state index contributed by atoms with van der Waals surface area (Å²) in [5, 5.41) is 2.89. The van der Waals surface area contributed by atoms with Gasteiger partial charge in [0.2, 0.25) is 11.8 Å². The van der Waals surface area contributed by atoms with Crippen LogP contribution in [-0.2, 0) is 9.59 Å². The Morgan fingerprint density at radius 2 is 2.05 bits per heavy atom. The van der Waals surface area contributed by atoms with Crippen molar-refractivity contribution in [1.29, 1.82) is 0 Å². The van der Waals surface area contributed by atoms with Gasteiger partial charge in [-0.2, -0.15) is 0 Å². The average Bonchev–Trinajstić information content (AvgIpc) is 2.47. The fraction of sp³-hybridized carbons (Fsp3) is 0.467. The molecule has 0 saturated carbocycles. The highest BCUT2D eigenvalue weighted by atomic mass is 16.2. The van der Waals surface area contributed by atoms with E-state index in [4.69, 9.17) is 5.73 Å². The number of hydrogen-bond acceptors (Lipinski definition) is 3. The molecule has 2 amide bonds. The number of hydrogen-bond donors (Lipinski definition) is 2. The van der Waals surface area contributed by atoms with E-state index in [1.165, 1.54) is 0 Å². The molecule has 2 atom stereocenters. The number of para-hydroxylation sites is 1. The minimum Gasteiger partial charge on any atom is -0.369 e. The molecule has 2 rings (SSSR count). The maximum absolute atomic E-state index is 12.2. The zero-order chi connectivity index (χ0) is 14.5. The van der Waals surface area contributed by atoms with Crippen LogP contribution in [0.5, 0.6) is 0 Å². The number of carbonyl (C=O) groups is 2. The second-order valence-electron chi connectivity index (χ2n) is 5.27. The fourth-order valence-corrected chi connectivity index (χ4v) is 2.52. The van der Waals surface area contributed by atoms with Gasteiger partial charge < -0.3 is 11.1 Å². The number of anilines is 1. The number of nitrogens with two attached hydrogens (primary N) is 1. The van der Waals surface area contributed by atoms with Crippen molar-refractivity contribution in [2.24, 2.45) is 11.7 Å². The number of nitrogens with zero attached hydrogens (tertiary/aromatic N) is 1. The molecule has 20 heavy (non-hydrogen) atoms. The smallest absolute Gasteiger partial charge is 0.241 e. The monoisotopic (exact) mass is 275 g/mol. The lowest BCUT2D eigenvalue weighted by molar-refractivity contribution is -0.127. The highest BCUT2D eigenvalue weighted by molar-refractivity contribution is 5.94. The first kappa shape index (κ1) is 14.5. The summed E-state index contributed by atoms with van der Waals surface area (Å²) in [6.45, 7) is 3.26. The molecule has 0 bridgehead atoms. The summed E-state index contributed by atoms with van der Waals surface area (Å²) in [6.07, 6.45) is 1.72. The van der Waals surface area contributed by atoms with E-state index in [-0.39, 0.29) is 23.8 Å². The van der Waals surface area contributed by atoms with E-state index in [2.05, 4.69) is 5.32 Å². The van der Waals surface area contributed by atoms with E-state index in [1.807, 2.05) is 42.2 Å². The van der Waals surface area contributed by atoms with Gasteiger partial charge in [0, 0.05) is 12.2 Å². The lowest BCUT2D eigenvalue weighted by atomic mass is 9.96. The van der Waals surface area contributed by atoms with E-state index in [0.717, 1.165) is 25.1 Å². The molecule has 1 aromatic carbocycles. The van der Waals surface area contributed by atoms with Crippen LogP contribution in [0.15, 0.2) is 30.3 Å². The first-order valence-electron chi connectivity index (χ1n) is 6.97. The Balaban J connectivity index is 1.94. The van der Waals surface area contributed by atoms with E-state index in [1.54, 1.807) is 0 Å². The van der Waals surface area contributed by atoms with Crippen molar-refractivity contribution in [1.82, 2.24) is 4.90 Å². The Morgan fingerprint density at radius 1 is 1.35 bits per heavy atom. The topological polar surface area (TPSA) is 75.4 Å². The first-order chi connectivity index (χ1) is 9.58. The van der Waals surface area contributed by atoms with Crippen molar-refractivity contribution in [2.75, 3.05) is 18.4 Å². The van der Waals surface area contributed by atoms with Gasteiger partial charge >= 0.3 is 0 Å². The Bertz CT molecular complexity index is 475. The second kappa shape index (κ2) is 6.52. The number of amides is 2. The average molecular weight is 275 g/mol. The molecule has 1 heterocycles. The minimum atomic E-state index is -0.273. The maximum atomic E-state index is 12.2. The number of carbonyl (C=O) groups excluding carboxylic acids is 2. The van der Waals surface area contributed by atoms with Crippen LogP contribution in [0.4, 0.5) is 5.69 Å². The van der Waals surface area contributed by atoms with Gasteiger partial charge in [-0.25, -0.2) is 0 Å². The number of benzene rings is 1. The molecule has 1 aliphatic heterocycles. The van der Waals surface area contributed by atoms with Crippen LogP contribution < -0.4 is 11.1 Å². The highest BCUT2D eigenvalue weighted by Crippen LogP contribution is 2.19. The quantitative estimate of drug-likeness (QED) is 0.867. The lowest BCUT2D eigenvalue weighted by Crippen LogP contribution is -2.49. The van der Waals surface area contributed by atoms with Gasteiger partial charge in [-0.3, -0.25) is 14.5 Å². The van der Waals surface area contributed by atoms with E-state index >= 15 is 0 Å². The van der Waals surface area contributed by atoms with Gasteiger partial charge in [0.1, 0.15) is 0 Å². The molecule has 0 aromatic heterocycles. The third-order valence-electron chi connectivity index (χ3n) is 3.82. The molecule has 1 fully saturated rings.